The molecule has 3 nitrogen and oxygen atoms in total. The minimum Gasteiger partial charge on any atom is -0.508 e. The summed E-state index contributed by atoms with van der Waals surface area (Å²) < 4.78 is 39.0. The number of hydrogen-bond acceptors (Lipinski definition) is 2. The van der Waals surface area contributed by atoms with Crippen LogP contribution in [0, 0.1) is 17.5 Å². The lowest BCUT2D eigenvalue weighted by Gasteiger charge is -2.06. The van der Waals surface area contributed by atoms with E-state index in [1.165, 1.54) is 0 Å². The highest BCUT2D eigenvalue weighted by Gasteiger charge is 2.13. The van der Waals surface area contributed by atoms with Crippen LogP contribution in [0.2, 0.25) is 0 Å². The lowest BCUT2D eigenvalue weighted by atomic mass is 10.2. The molecule has 19 heavy (non-hydrogen) atoms. The normalized spacial score (nSPS) is 10.3. The second-order valence-corrected chi connectivity index (χ2v) is 3.75. The first kappa shape index (κ1) is 12.9. The Labute approximate surface area is 106 Å². The number of phenols is 1. The third kappa shape index (κ3) is 2.85. The number of nitrogens with one attached hydrogen (secondary N) is 1. The van der Waals surface area contributed by atoms with E-state index in [4.69, 9.17) is 5.11 Å². The monoisotopic (exact) mass is 267 g/mol. The van der Waals surface area contributed by atoms with Gasteiger partial charge in [-0.2, -0.15) is 0 Å². The van der Waals surface area contributed by atoms with Crippen molar-refractivity contribution in [3.8, 4) is 5.75 Å². The van der Waals surface area contributed by atoms with Gasteiger partial charge in [-0.3, -0.25) is 4.79 Å². The maximum atomic E-state index is 13.4. The van der Waals surface area contributed by atoms with Crippen LogP contribution < -0.4 is 5.32 Å². The van der Waals surface area contributed by atoms with Crippen LogP contribution in [-0.4, -0.2) is 11.0 Å². The average molecular weight is 267 g/mol. The number of hydrogen-bond donors (Lipinski definition) is 2. The molecular weight excluding hydrogens is 259 g/mol. The third-order valence-corrected chi connectivity index (χ3v) is 2.37. The molecule has 0 spiro atoms. The lowest BCUT2D eigenvalue weighted by Crippen LogP contribution is -2.13. The largest absolute Gasteiger partial charge is 0.508 e. The van der Waals surface area contributed by atoms with Gasteiger partial charge in [0.1, 0.15) is 11.6 Å². The van der Waals surface area contributed by atoms with Gasteiger partial charge in [-0.05, 0) is 24.3 Å². The maximum absolute atomic E-state index is 13.4. The van der Waals surface area contributed by atoms with Crippen molar-refractivity contribution in [3.05, 3.63) is 59.4 Å². The first-order valence-electron chi connectivity index (χ1n) is 5.22. The van der Waals surface area contributed by atoms with Gasteiger partial charge in [-0.1, -0.05) is 0 Å². The van der Waals surface area contributed by atoms with Crippen molar-refractivity contribution >= 4 is 11.6 Å². The number of aromatic hydroxyl groups is 1. The van der Waals surface area contributed by atoms with Gasteiger partial charge in [0, 0.05) is 17.8 Å². The van der Waals surface area contributed by atoms with Gasteiger partial charge in [0.15, 0.2) is 11.6 Å². The van der Waals surface area contributed by atoms with E-state index in [1.807, 2.05) is 0 Å². The molecular formula is C13H8F3NO2. The van der Waals surface area contributed by atoms with E-state index >= 15 is 0 Å². The number of halogens is 3. The zero-order chi connectivity index (χ0) is 14.0. The second-order valence-electron chi connectivity index (χ2n) is 3.75. The molecule has 0 radical (unpaired) electrons. The molecule has 0 saturated heterocycles. The first-order chi connectivity index (χ1) is 8.97. The first-order valence-corrected chi connectivity index (χ1v) is 5.22. The topological polar surface area (TPSA) is 49.3 Å². The molecule has 0 aliphatic carbocycles. The molecule has 2 N–H and O–H groups in total. The Kier molecular flexibility index (Phi) is 3.41. The van der Waals surface area contributed by atoms with Crippen LogP contribution in [0.15, 0.2) is 36.4 Å². The van der Waals surface area contributed by atoms with Gasteiger partial charge in [0.2, 0.25) is 0 Å². The SMILES string of the molecule is O=C(Nc1ccc(F)c(F)c1)c1ccc(O)cc1F. The Morgan fingerprint density at radius 1 is 0.947 bits per heavy atom. The highest BCUT2D eigenvalue weighted by Crippen LogP contribution is 2.18. The molecule has 1 amide bonds. The Balaban J connectivity index is 2.23. The van der Waals surface area contributed by atoms with Gasteiger partial charge in [0.25, 0.3) is 5.91 Å². The summed E-state index contributed by atoms with van der Waals surface area (Å²) >= 11 is 0. The summed E-state index contributed by atoms with van der Waals surface area (Å²) in [4.78, 5) is 11.7. The summed E-state index contributed by atoms with van der Waals surface area (Å²) in [6.45, 7) is 0. The number of carbonyl (C=O) groups excluding carboxylic acids is 1. The minimum atomic E-state index is -1.12. The predicted octanol–water partition coefficient (Wildman–Crippen LogP) is 3.06. The fourth-order valence-corrected chi connectivity index (χ4v) is 1.46. The van der Waals surface area contributed by atoms with Gasteiger partial charge in [-0.25, -0.2) is 13.2 Å². The molecule has 0 atom stereocenters. The fraction of sp³-hybridized carbons (Fsp3) is 0. The Morgan fingerprint density at radius 3 is 2.32 bits per heavy atom. The second kappa shape index (κ2) is 5.01. The maximum Gasteiger partial charge on any atom is 0.258 e. The van der Waals surface area contributed by atoms with Crippen molar-refractivity contribution in [2.24, 2.45) is 0 Å². The molecule has 0 aromatic heterocycles. The fourth-order valence-electron chi connectivity index (χ4n) is 1.46. The highest BCUT2D eigenvalue weighted by molar-refractivity contribution is 6.04. The van der Waals surface area contributed by atoms with Crippen molar-refractivity contribution in [3.63, 3.8) is 0 Å². The molecule has 0 aliphatic rings. The molecule has 0 saturated carbocycles. The average Bonchev–Trinajstić information content (AvgIpc) is 2.33. The quantitative estimate of drug-likeness (QED) is 0.878. The van der Waals surface area contributed by atoms with Crippen LogP contribution >= 0.6 is 0 Å². The van der Waals surface area contributed by atoms with Crippen molar-refractivity contribution in [1.82, 2.24) is 0 Å². The molecule has 2 aromatic rings. The number of carbonyl (C=O) groups is 1. The molecule has 98 valence electrons. The number of phenolic OH excluding ortho intramolecular Hbond substituents is 1. The number of rotatable bonds is 2. The van der Waals surface area contributed by atoms with E-state index in [0.717, 1.165) is 36.4 Å². The van der Waals surface area contributed by atoms with Gasteiger partial charge < -0.3 is 10.4 Å². The lowest BCUT2D eigenvalue weighted by molar-refractivity contribution is 0.102. The van der Waals surface area contributed by atoms with Gasteiger partial charge in [-0.15, -0.1) is 0 Å². The Bertz CT molecular complexity index is 644. The molecule has 6 heteroatoms. The molecule has 0 aliphatic heterocycles. The van der Waals surface area contributed by atoms with Gasteiger partial charge in [0.05, 0.1) is 5.56 Å². The predicted molar refractivity (Wildman–Crippen MR) is 62.4 cm³/mol. The molecule has 0 fully saturated rings. The standard InChI is InChI=1S/C13H8F3NO2/c14-10-4-1-7(5-12(10)16)17-13(19)9-3-2-8(18)6-11(9)15/h1-6,18H,(H,17,19). The highest BCUT2D eigenvalue weighted by atomic mass is 19.2. The van der Waals surface area contributed by atoms with Crippen LogP contribution in [0.25, 0.3) is 0 Å². The summed E-state index contributed by atoms with van der Waals surface area (Å²) in [5.74, 6) is -4.23. The van der Waals surface area contributed by atoms with Crippen molar-refractivity contribution in [2.75, 3.05) is 5.32 Å². The Hall–Kier alpha value is -2.50. The summed E-state index contributed by atoms with van der Waals surface area (Å²) in [5, 5.41) is 11.2. The zero-order valence-corrected chi connectivity index (χ0v) is 9.45. The molecule has 0 heterocycles. The van der Waals surface area contributed by atoms with Crippen LogP contribution in [0.3, 0.4) is 0 Å². The molecule has 2 rings (SSSR count). The van der Waals surface area contributed by atoms with Crippen molar-refractivity contribution < 1.29 is 23.1 Å². The number of benzene rings is 2. The van der Waals surface area contributed by atoms with E-state index in [9.17, 15) is 18.0 Å². The van der Waals surface area contributed by atoms with Crippen LogP contribution in [0.1, 0.15) is 10.4 Å². The molecule has 2 aromatic carbocycles. The summed E-state index contributed by atoms with van der Waals surface area (Å²) in [6, 6.07) is 5.78. The summed E-state index contributed by atoms with van der Waals surface area (Å²) in [7, 11) is 0. The smallest absolute Gasteiger partial charge is 0.258 e. The number of amides is 1. The van der Waals surface area contributed by atoms with Crippen LogP contribution in [-0.2, 0) is 0 Å². The van der Waals surface area contributed by atoms with E-state index in [2.05, 4.69) is 5.32 Å². The van der Waals surface area contributed by atoms with E-state index in [0.29, 0.717) is 0 Å². The van der Waals surface area contributed by atoms with Crippen molar-refractivity contribution in [2.45, 2.75) is 0 Å². The zero-order valence-electron chi connectivity index (χ0n) is 9.45. The summed E-state index contributed by atoms with van der Waals surface area (Å²) in [6.07, 6.45) is 0. The van der Waals surface area contributed by atoms with Crippen molar-refractivity contribution in [1.29, 1.82) is 0 Å². The van der Waals surface area contributed by atoms with E-state index < -0.39 is 23.4 Å². The van der Waals surface area contributed by atoms with Gasteiger partial charge >= 0.3 is 0 Å². The Morgan fingerprint density at radius 2 is 1.68 bits per heavy atom. The van der Waals surface area contributed by atoms with E-state index in [1.54, 1.807) is 0 Å². The third-order valence-electron chi connectivity index (χ3n) is 2.37. The molecule has 0 unspecified atom stereocenters. The summed E-state index contributed by atoms with van der Waals surface area (Å²) in [5.41, 5.74) is -0.320. The van der Waals surface area contributed by atoms with E-state index in [-0.39, 0.29) is 17.0 Å². The minimum absolute atomic E-state index is 0.00336. The molecule has 0 bridgehead atoms. The number of anilines is 1. The van der Waals surface area contributed by atoms with Crippen LogP contribution in [0.5, 0.6) is 5.75 Å². The van der Waals surface area contributed by atoms with Crippen LogP contribution in [0.4, 0.5) is 18.9 Å².